The summed E-state index contributed by atoms with van der Waals surface area (Å²) in [6, 6.07) is 0. The van der Waals surface area contributed by atoms with Crippen LogP contribution in [0, 0.1) is 11.3 Å². The van der Waals surface area contributed by atoms with Gasteiger partial charge in [-0.3, -0.25) is 0 Å². The van der Waals surface area contributed by atoms with E-state index >= 15 is 0 Å². The van der Waals surface area contributed by atoms with Crippen LogP contribution in [0.1, 0.15) is 52.9 Å². The molecule has 0 saturated carbocycles. The zero-order valence-corrected chi connectivity index (χ0v) is 9.72. The van der Waals surface area contributed by atoms with Gasteiger partial charge in [0.05, 0.1) is 0 Å². The lowest BCUT2D eigenvalue weighted by Gasteiger charge is -2.30. The van der Waals surface area contributed by atoms with Crippen LogP contribution in [-0.2, 0) is 0 Å². The number of halogens is 1. The molecule has 0 spiro atoms. The smallest absolute Gasteiger partial charge is 0.107 e. The summed E-state index contributed by atoms with van der Waals surface area (Å²) in [7, 11) is 0. The fourth-order valence-corrected chi connectivity index (χ4v) is 2.16. The Labute approximate surface area is 87.6 Å². The van der Waals surface area contributed by atoms with E-state index in [1.54, 1.807) is 0 Å². The van der Waals surface area contributed by atoms with Gasteiger partial charge in [-0.2, -0.15) is 0 Å². The van der Waals surface area contributed by atoms with Crippen LogP contribution in [-0.4, -0.2) is 6.17 Å². The molecule has 1 rings (SSSR count). The second-order valence-electron chi connectivity index (χ2n) is 5.06. The Kier molecular flexibility index (Phi) is 4.15. The molecular weight excluding hydrogens is 175 g/mol. The topological polar surface area (TPSA) is 0 Å². The van der Waals surface area contributed by atoms with Gasteiger partial charge in [0.2, 0.25) is 0 Å². The first-order chi connectivity index (χ1) is 6.57. The van der Waals surface area contributed by atoms with Crippen molar-refractivity contribution in [2.24, 2.45) is 11.3 Å². The molecule has 0 aromatic carbocycles. The molecule has 0 aromatic rings. The predicted octanol–water partition coefficient (Wildman–Crippen LogP) is 4.51. The van der Waals surface area contributed by atoms with Gasteiger partial charge in [0.1, 0.15) is 6.17 Å². The third-order valence-corrected chi connectivity index (χ3v) is 3.70. The highest BCUT2D eigenvalue weighted by Crippen LogP contribution is 2.37. The van der Waals surface area contributed by atoms with Crippen LogP contribution in [0.2, 0.25) is 0 Å². The van der Waals surface area contributed by atoms with E-state index < -0.39 is 6.17 Å². The van der Waals surface area contributed by atoms with Crippen molar-refractivity contribution < 1.29 is 4.39 Å². The Balaban J connectivity index is 2.68. The largest absolute Gasteiger partial charge is 0.247 e. The lowest BCUT2D eigenvalue weighted by Crippen LogP contribution is -2.23. The highest BCUT2D eigenvalue weighted by molar-refractivity contribution is 4.94. The van der Waals surface area contributed by atoms with E-state index in [0.29, 0.717) is 0 Å². The minimum absolute atomic E-state index is 0.0963. The maximum absolute atomic E-state index is 13.8. The zero-order chi connectivity index (χ0) is 10.6. The zero-order valence-electron chi connectivity index (χ0n) is 9.72. The third kappa shape index (κ3) is 3.11. The van der Waals surface area contributed by atoms with Gasteiger partial charge in [-0.1, -0.05) is 39.3 Å². The number of hydrogen-bond donors (Lipinski definition) is 0. The summed E-state index contributed by atoms with van der Waals surface area (Å²) in [6.07, 6.45) is 8.86. The fourth-order valence-electron chi connectivity index (χ4n) is 2.16. The second-order valence-corrected chi connectivity index (χ2v) is 5.06. The van der Waals surface area contributed by atoms with E-state index in [-0.39, 0.29) is 11.3 Å². The van der Waals surface area contributed by atoms with Crippen LogP contribution >= 0.6 is 0 Å². The molecule has 0 aliphatic heterocycles. The first-order valence-electron chi connectivity index (χ1n) is 5.88. The fraction of sp³-hybridized carbons (Fsp3) is 0.846. The lowest BCUT2D eigenvalue weighted by molar-refractivity contribution is 0.148. The van der Waals surface area contributed by atoms with Crippen molar-refractivity contribution in [3.63, 3.8) is 0 Å². The van der Waals surface area contributed by atoms with Gasteiger partial charge in [-0.15, -0.1) is 0 Å². The first kappa shape index (κ1) is 11.7. The number of allylic oxidation sites excluding steroid dienone is 2. The highest BCUT2D eigenvalue weighted by Gasteiger charge is 2.28. The lowest BCUT2D eigenvalue weighted by atomic mass is 9.77. The normalized spacial score (nSPS) is 42.3. The van der Waals surface area contributed by atoms with Crippen molar-refractivity contribution in [1.82, 2.24) is 0 Å². The summed E-state index contributed by atoms with van der Waals surface area (Å²) in [5.41, 5.74) is 0.222. The van der Waals surface area contributed by atoms with Gasteiger partial charge < -0.3 is 0 Å². The van der Waals surface area contributed by atoms with E-state index in [1.807, 2.05) is 13.0 Å². The van der Waals surface area contributed by atoms with Gasteiger partial charge >= 0.3 is 0 Å². The molecular formula is C13H23F. The van der Waals surface area contributed by atoms with Crippen molar-refractivity contribution in [2.45, 2.75) is 59.0 Å². The summed E-state index contributed by atoms with van der Waals surface area (Å²) in [4.78, 5) is 0. The molecule has 82 valence electrons. The average molecular weight is 198 g/mol. The maximum atomic E-state index is 13.8. The molecule has 0 N–H and O–H groups in total. The van der Waals surface area contributed by atoms with E-state index in [4.69, 9.17) is 0 Å². The maximum Gasteiger partial charge on any atom is 0.107 e. The van der Waals surface area contributed by atoms with Gasteiger partial charge in [-0.25, -0.2) is 4.39 Å². The predicted molar refractivity (Wildman–Crippen MR) is 60.1 cm³/mol. The van der Waals surface area contributed by atoms with E-state index in [1.165, 1.54) is 12.8 Å². The van der Waals surface area contributed by atoms with Crippen molar-refractivity contribution in [1.29, 1.82) is 0 Å². The second kappa shape index (κ2) is 4.95. The Morgan fingerprint density at radius 1 is 1.50 bits per heavy atom. The average Bonchev–Trinajstić information content (AvgIpc) is 2.21. The number of alkyl halides is 1. The van der Waals surface area contributed by atoms with Gasteiger partial charge in [0, 0.05) is 5.92 Å². The molecule has 0 saturated heterocycles. The molecule has 0 amide bonds. The molecule has 1 heteroatoms. The monoisotopic (exact) mass is 198 g/mol. The molecule has 0 radical (unpaired) electrons. The molecule has 0 unspecified atom stereocenters. The quantitative estimate of drug-likeness (QED) is 0.544. The molecule has 3 atom stereocenters. The molecule has 0 aromatic heterocycles. The van der Waals surface area contributed by atoms with E-state index in [2.05, 4.69) is 19.9 Å². The summed E-state index contributed by atoms with van der Waals surface area (Å²) in [5, 5.41) is 0. The number of rotatable bonds is 1. The van der Waals surface area contributed by atoms with Crippen LogP contribution in [0.3, 0.4) is 0 Å². The summed E-state index contributed by atoms with van der Waals surface area (Å²) >= 11 is 0. The standard InChI is InChI=1S/C13H23F/c1-4-13(3)9-7-5-6-8-11(2)12(14)10-13/h6,8,11-12H,4-5,7,9-10H2,1-3H3/b8-6+/t11-,12-,13-/m1/s1. The molecule has 1 aliphatic carbocycles. The Hall–Kier alpha value is -0.330. The minimum atomic E-state index is -0.658. The van der Waals surface area contributed by atoms with Crippen molar-refractivity contribution >= 4 is 0 Å². The SMILES string of the molecule is CC[C@]1(C)CCC/C=C/[C@@H](C)[C@H](F)C1. The molecule has 1 aliphatic rings. The first-order valence-corrected chi connectivity index (χ1v) is 5.88. The van der Waals surface area contributed by atoms with Crippen LogP contribution in [0.25, 0.3) is 0 Å². The Bertz CT molecular complexity index is 197. The van der Waals surface area contributed by atoms with Crippen LogP contribution < -0.4 is 0 Å². The van der Waals surface area contributed by atoms with Crippen LogP contribution in [0.4, 0.5) is 4.39 Å². The highest BCUT2D eigenvalue weighted by atomic mass is 19.1. The molecule has 0 fully saturated rings. The van der Waals surface area contributed by atoms with Crippen LogP contribution in [0.5, 0.6) is 0 Å². The Morgan fingerprint density at radius 2 is 2.21 bits per heavy atom. The minimum Gasteiger partial charge on any atom is -0.247 e. The summed E-state index contributed by atoms with van der Waals surface area (Å²) in [5.74, 6) is 0.0963. The Morgan fingerprint density at radius 3 is 2.86 bits per heavy atom. The van der Waals surface area contributed by atoms with Crippen molar-refractivity contribution in [3.05, 3.63) is 12.2 Å². The van der Waals surface area contributed by atoms with Gasteiger partial charge in [-0.05, 0) is 31.1 Å². The van der Waals surface area contributed by atoms with E-state index in [0.717, 1.165) is 19.3 Å². The van der Waals surface area contributed by atoms with Crippen molar-refractivity contribution in [3.8, 4) is 0 Å². The van der Waals surface area contributed by atoms with Crippen molar-refractivity contribution in [2.75, 3.05) is 0 Å². The number of hydrogen-bond acceptors (Lipinski definition) is 0. The van der Waals surface area contributed by atoms with Gasteiger partial charge in [0.25, 0.3) is 0 Å². The van der Waals surface area contributed by atoms with Gasteiger partial charge in [0.15, 0.2) is 0 Å². The molecule has 0 heterocycles. The summed E-state index contributed by atoms with van der Waals surface area (Å²) in [6.45, 7) is 6.41. The van der Waals surface area contributed by atoms with E-state index in [9.17, 15) is 4.39 Å². The third-order valence-electron chi connectivity index (χ3n) is 3.70. The molecule has 0 nitrogen and oxygen atoms in total. The summed E-state index contributed by atoms with van der Waals surface area (Å²) < 4.78 is 13.8. The molecule has 0 bridgehead atoms. The molecule has 14 heavy (non-hydrogen) atoms. The van der Waals surface area contributed by atoms with Crippen LogP contribution in [0.15, 0.2) is 12.2 Å².